The number of rotatable bonds is 21. The second kappa shape index (κ2) is 24.5. The molecule has 6 rings (SSSR count). The lowest BCUT2D eigenvalue weighted by molar-refractivity contribution is -0.277. The molecule has 0 radical (unpaired) electrons. The highest BCUT2D eigenvalue weighted by atomic mass is 16.7. The van der Waals surface area contributed by atoms with Crippen LogP contribution in [-0.2, 0) is 38.8 Å². The molecule has 2 aliphatic heterocycles. The van der Waals surface area contributed by atoms with Crippen LogP contribution in [0.25, 0.3) is 10.9 Å². The number of unbranched alkanes of at least 4 members (excludes halogenated alkanes) is 2. The second-order valence-corrected chi connectivity index (χ2v) is 15.7. The number of carboxylic acid groups (broad SMARTS) is 1. The van der Waals surface area contributed by atoms with Crippen LogP contribution < -0.4 is 26.0 Å². The molecule has 3 aromatic carbocycles. The van der Waals surface area contributed by atoms with Crippen LogP contribution in [0.5, 0.6) is 5.75 Å². The second-order valence-electron chi connectivity index (χ2n) is 15.7. The molecule has 346 valence electrons. The minimum atomic E-state index is -1.57. The molecule has 9 N–H and O–H groups in total. The Morgan fingerprint density at radius 3 is 2.38 bits per heavy atom. The van der Waals surface area contributed by atoms with Crippen molar-refractivity contribution in [3.05, 3.63) is 82.9 Å². The fourth-order valence-corrected chi connectivity index (χ4v) is 7.66. The molecule has 1 aromatic heterocycles. The van der Waals surface area contributed by atoms with Crippen molar-refractivity contribution >= 4 is 58.8 Å². The number of amides is 2. The molecular formula is C46H61N7O11. The summed E-state index contributed by atoms with van der Waals surface area (Å²) >= 11 is 0. The fourth-order valence-electron chi connectivity index (χ4n) is 7.66. The van der Waals surface area contributed by atoms with E-state index in [-0.39, 0.29) is 36.0 Å². The lowest BCUT2D eigenvalue weighted by atomic mass is 9.99. The van der Waals surface area contributed by atoms with Crippen LogP contribution in [-0.4, -0.2) is 131 Å². The van der Waals surface area contributed by atoms with E-state index in [1.807, 2.05) is 0 Å². The Hall–Kier alpha value is -5.57. The van der Waals surface area contributed by atoms with E-state index in [0.717, 1.165) is 54.6 Å². The Morgan fingerprint density at radius 2 is 1.73 bits per heavy atom. The molecule has 3 unspecified atom stereocenters. The Morgan fingerprint density at radius 1 is 1.02 bits per heavy atom. The van der Waals surface area contributed by atoms with Crippen molar-refractivity contribution in [1.82, 2.24) is 9.88 Å². The van der Waals surface area contributed by atoms with Gasteiger partial charge in [-0.2, -0.15) is 0 Å². The topological polar surface area (TPSA) is 262 Å². The monoisotopic (exact) mass is 887 g/mol. The number of nitrogens with one attached hydrogen (secondary N) is 2. The van der Waals surface area contributed by atoms with Crippen molar-refractivity contribution in [2.75, 3.05) is 55.4 Å². The smallest absolute Gasteiger partial charge is 0.335 e. The zero-order valence-corrected chi connectivity index (χ0v) is 36.4. The molecule has 0 aliphatic carbocycles. The number of hydrogen-bond acceptors (Lipinski definition) is 15. The van der Waals surface area contributed by atoms with Crippen LogP contribution >= 0.6 is 0 Å². The minimum absolute atomic E-state index is 0.105. The molecule has 0 saturated carbocycles. The molecule has 5 atom stereocenters. The Bertz CT molecular complexity index is 2170. The summed E-state index contributed by atoms with van der Waals surface area (Å²) < 4.78 is 16.0. The summed E-state index contributed by atoms with van der Waals surface area (Å²) in [7, 11) is 1.53. The molecule has 4 aromatic rings. The van der Waals surface area contributed by atoms with Gasteiger partial charge in [0.1, 0.15) is 35.9 Å². The molecule has 18 nitrogen and oxygen atoms in total. The maximum Gasteiger partial charge on any atom is 0.335 e. The number of methoxy groups -OCH3 is 1. The summed E-state index contributed by atoms with van der Waals surface area (Å²) in [5, 5.41) is 54.7. The van der Waals surface area contributed by atoms with Gasteiger partial charge in [0.15, 0.2) is 5.82 Å². The first-order chi connectivity index (χ1) is 30.9. The van der Waals surface area contributed by atoms with E-state index >= 15 is 0 Å². The predicted molar refractivity (Wildman–Crippen MR) is 243 cm³/mol. The number of anilines is 3. The summed E-state index contributed by atoms with van der Waals surface area (Å²) in [5.41, 5.74) is 10.8. The summed E-state index contributed by atoms with van der Waals surface area (Å²) in [4.78, 5) is 48.4. The quantitative estimate of drug-likeness (QED) is 0.0335. The van der Waals surface area contributed by atoms with Gasteiger partial charge in [-0.15, -0.1) is 0 Å². The number of aromatic nitrogens is 1. The van der Waals surface area contributed by atoms with E-state index in [2.05, 4.69) is 68.3 Å². The van der Waals surface area contributed by atoms with Crippen molar-refractivity contribution in [2.45, 2.75) is 95.9 Å². The van der Waals surface area contributed by atoms with Crippen molar-refractivity contribution in [1.29, 1.82) is 0 Å². The SMILES string of the molecule is C=Nc1c(NC=O)nc2cc(C(=O)O)ccc2c1N(CCCCC)Cc1ccc(CN2CCCC2)cc1.COCc1ccc(O[C@H]2OC(CO)[C@@H](O)C(O)C2O)c(NC(=O)CCN)c1. The number of nitrogens with zero attached hydrogens (tertiary/aromatic N) is 4. The highest BCUT2D eigenvalue weighted by molar-refractivity contribution is 6.05. The first-order valence-corrected chi connectivity index (χ1v) is 21.5. The first-order valence-electron chi connectivity index (χ1n) is 21.5. The van der Waals surface area contributed by atoms with Gasteiger partial charge < -0.3 is 61.0 Å². The standard InChI is InChI=1S/C29H35N5O3.C17H26N2O8/c1-3-4-5-16-34(19-22-10-8-21(9-11-22)18-33-14-6-7-15-33)27-24-13-12-23(29(36)37)17-25(24)32-28(31-20-35)26(27)30-2;1-25-8-9-2-3-11(10(6-9)19-13(21)4-5-18)26-17-16(24)15(23)14(22)12(7-20)27-17/h8-13,17,20H,2-7,14-16,18-19H2,1H3,(H,36,37)(H,31,32,35);2-3,6,12,14-17,20,22-24H,4-5,7-8,18H2,1H3,(H,19,21)/t;12?,14-,15?,16?,17+/m.1/s1. The molecule has 3 heterocycles. The highest BCUT2D eigenvalue weighted by Crippen LogP contribution is 2.42. The molecule has 0 spiro atoms. The van der Waals surface area contributed by atoms with Gasteiger partial charge in [-0.1, -0.05) is 50.1 Å². The zero-order valence-electron chi connectivity index (χ0n) is 36.4. The molecule has 2 fully saturated rings. The van der Waals surface area contributed by atoms with E-state index in [1.54, 1.807) is 30.3 Å². The number of aliphatic hydroxyl groups is 4. The molecule has 0 bridgehead atoms. The number of pyridine rings is 1. The molecular weight excluding hydrogens is 827 g/mol. The Balaban J connectivity index is 0.000000254. The van der Waals surface area contributed by atoms with E-state index in [0.29, 0.717) is 36.5 Å². The van der Waals surface area contributed by atoms with Crippen LogP contribution in [0.3, 0.4) is 0 Å². The van der Waals surface area contributed by atoms with Gasteiger partial charge in [0.2, 0.25) is 18.6 Å². The number of benzene rings is 3. The van der Waals surface area contributed by atoms with Gasteiger partial charge in [-0.05, 0) is 86.1 Å². The third kappa shape index (κ3) is 13.0. The summed E-state index contributed by atoms with van der Waals surface area (Å²) in [5.74, 6) is -0.929. The van der Waals surface area contributed by atoms with Crippen LogP contribution in [0.4, 0.5) is 22.9 Å². The van der Waals surface area contributed by atoms with Gasteiger partial charge in [-0.3, -0.25) is 19.5 Å². The predicted octanol–water partition coefficient (Wildman–Crippen LogP) is 3.93. The number of carbonyl (C=O) groups excluding carboxylic acids is 2. The van der Waals surface area contributed by atoms with Crippen molar-refractivity contribution in [3.8, 4) is 5.75 Å². The summed E-state index contributed by atoms with van der Waals surface area (Å²) in [6, 6.07) is 18.5. The number of carbonyl (C=O) groups is 3. The first kappa shape index (κ1) is 49.4. The van der Waals surface area contributed by atoms with E-state index < -0.39 is 43.3 Å². The molecule has 2 aliphatic rings. The maximum atomic E-state index is 11.9. The number of hydrogen-bond donors (Lipinski definition) is 8. The third-order valence-electron chi connectivity index (χ3n) is 11.0. The van der Waals surface area contributed by atoms with Crippen LogP contribution in [0.15, 0.2) is 65.7 Å². The molecule has 2 saturated heterocycles. The fraction of sp³-hybridized carbons (Fsp3) is 0.457. The minimum Gasteiger partial charge on any atom is -0.478 e. The lowest BCUT2D eigenvalue weighted by Crippen LogP contribution is -2.60. The number of ether oxygens (including phenoxy) is 3. The largest absolute Gasteiger partial charge is 0.478 e. The average Bonchev–Trinajstić information content (AvgIpc) is 3.80. The lowest BCUT2D eigenvalue weighted by Gasteiger charge is -2.39. The highest BCUT2D eigenvalue weighted by Gasteiger charge is 2.45. The van der Waals surface area contributed by atoms with Gasteiger partial charge in [0, 0.05) is 45.1 Å². The van der Waals surface area contributed by atoms with Crippen molar-refractivity contribution in [2.24, 2.45) is 10.7 Å². The normalized spacial score (nSPS) is 19.6. The number of nitrogens with two attached hydrogens (primary N) is 1. The van der Waals surface area contributed by atoms with E-state index in [4.69, 9.17) is 19.9 Å². The summed E-state index contributed by atoms with van der Waals surface area (Å²) in [6.45, 7) is 10.6. The maximum absolute atomic E-state index is 11.9. The summed E-state index contributed by atoms with van der Waals surface area (Å²) in [6.07, 6.45) is -0.726. The zero-order chi connectivity index (χ0) is 46.2. The number of fused-ring (bicyclic) bond motifs is 1. The van der Waals surface area contributed by atoms with E-state index in [9.17, 15) is 39.9 Å². The number of carboxylic acids is 1. The van der Waals surface area contributed by atoms with Gasteiger partial charge >= 0.3 is 5.97 Å². The number of aliphatic imine (C=N–C) groups is 1. The Kier molecular flexibility index (Phi) is 18.9. The number of aromatic carboxylic acids is 1. The number of aliphatic hydroxyl groups excluding tert-OH is 4. The Labute approximate surface area is 372 Å². The van der Waals surface area contributed by atoms with Crippen LogP contribution in [0.1, 0.15) is 72.5 Å². The van der Waals surface area contributed by atoms with Gasteiger partial charge in [0.05, 0.1) is 35.7 Å². The van der Waals surface area contributed by atoms with Crippen molar-refractivity contribution < 1.29 is 54.1 Å². The molecule has 2 amide bonds. The van der Waals surface area contributed by atoms with E-state index in [1.165, 1.54) is 44.7 Å². The third-order valence-corrected chi connectivity index (χ3v) is 11.0. The average molecular weight is 888 g/mol. The molecule has 64 heavy (non-hydrogen) atoms. The van der Waals surface area contributed by atoms with Crippen LogP contribution in [0, 0.1) is 0 Å². The molecule has 18 heteroatoms. The number of likely N-dealkylation sites (tertiary alicyclic amines) is 1. The van der Waals surface area contributed by atoms with Gasteiger partial charge in [-0.25, -0.2) is 9.78 Å². The van der Waals surface area contributed by atoms with Crippen LogP contribution in [0.2, 0.25) is 0 Å². The van der Waals surface area contributed by atoms with Crippen molar-refractivity contribution in [3.63, 3.8) is 0 Å². The van der Waals surface area contributed by atoms with Gasteiger partial charge in [0.25, 0.3) is 0 Å².